The van der Waals surface area contributed by atoms with Crippen molar-refractivity contribution in [2.75, 3.05) is 13.2 Å². The molecule has 0 radical (unpaired) electrons. The van der Waals surface area contributed by atoms with E-state index in [1.54, 1.807) is 13.0 Å². The van der Waals surface area contributed by atoms with Crippen LogP contribution in [0.1, 0.15) is 23.1 Å². The van der Waals surface area contributed by atoms with Crippen LogP contribution in [0.5, 0.6) is 0 Å². The number of amides is 1. The van der Waals surface area contributed by atoms with Crippen LogP contribution < -0.4 is 0 Å². The van der Waals surface area contributed by atoms with Crippen molar-refractivity contribution < 1.29 is 27.5 Å². The van der Waals surface area contributed by atoms with Gasteiger partial charge in [0.2, 0.25) is 5.91 Å². The fraction of sp³-hybridized carbons (Fsp3) is 0.227. The molecule has 3 aromatic rings. The van der Waals surface area contributed by atoms with Crippen LogP contribution >= 0.6 is 11.3 Å². The van der Waals surface area contributed by atoms with Gasteiger partial charge in [0, 0.05) is 12.6 Å². The first-order valence-electron chi connectivity index (χ1n) is 9.40. The number of nitrogens with zero attached hydrogens (tertiary/aromatic N) is 2. The smallest absolute Gasteiger partial charge is 0.416 e. The molecule has 0 aliphatic rings. The highest BCUT2D eigenvalue weighted by Crippen LogP contribution is 2.29. The molecular weight excluding hydrogens is 429 g/mol. The van der Waals surface area contributed by atoms with E-state index in [4.69, 9.17) is 4.74 Å². The number of fused-ring (bicyclic) bond motifs is 1. The van der Waals surface area contributed by atoms with Gasteiger partial charge < -0.3 is 9.64 Å². The molecule has 0 aliphatic carbocycles. The molecule has 5 nitrogen and oxygen atoms in total. The summed E-state index contributed by atoms with van der Waals surface area (Å²) in [6, 6.07) is 12.0. The molecule has 0 saturated carbocycles. The van der Waals surface area contributed by atoms with Crippen molar-refractivity contribution in [3.05, 3.63) is 70.7 Å². The number of ether oxygens (including phenoxy) is 1. The van der Waals surface area contributed by atoms with Crippen molar-refractivity contribution in [1.29, 1.82) is 0 Å². The van der Waals surface area contributed by atoms with Crippen LogP contribution in [-0.4, -0.2) is 34.9 Å². The van der Waals surface area contributed by atoms with E-state index >= 15 is 0 Å². The molecule has 162 valence electrons. The topological polar surface area (TPSA) is 59.5 Å². The van der Waals surface area contributed by atoms with Crippen LogP contribution in [0.15, 0.2) is 54.6 Å². The van der Waals surface area contributed by atoms with Crippen LogP contribution in [0, 0.1) is 0 Å². The van der Waals surface area contributed by atoms with Gasteiger partial charge in [-0.1, -0.05) is 24.3 Å². The summed E-state index contributed by atoms with van der Waals surface area (Å²) in [6.45, 7) is 1.44. The van der Waals surface area contributed by atoms with Gasteiger partial charge in [-0.2, -0.15) is 13.2 Å². The van der Waals surface area contributed by atoms with Gasteiger partial charge in [0.1, 0.15) is 11.6 Å². The van der Waals surface area contributed by atoms with Crippen molar-refractivity contribution in [2.24, 2.45) is 0 Å². The average molecular weight is 448 g/mol. The Morgan fingerprint density at radius 3 is 2.48 bits per heavy atom. The molecule has 0 atom stereocenters. The largest absolute Gasteiger partial charge is 0.465 e. The van der Waals surface area contributed by atoms with Gasteiger partial charge in [-0.05, 0) is 42.8 Å². The Kier molecular flexibility index (Phi) is 7.06. The first kappa shape index (κ1) is 22.5. The Hall–Kier alpha value is -3.20. The van der Waals surface area contributed by atoms with Gasteiger partial charge in [-0.25, -0.2) is 4.98 Å². The number of carbonyl (C=O) groups is 2. The van der Waals surface area contributed by atoms with Crippen LogP contribution in [-0.2, 0) is 27.0 Å². The summed E-state index contributed by atoms with van der Waals surface area (Å²) < 4.78 is 44.2. The second kappa shape index (κ2) is 9.74. The zero-order valence-electron chi connectivity index (χ0n) is 16.6. The molecule has 31 heavy (non-hydrogen) atoms. The second-order valence-electron chi connectivity index (χ2n) is 6.55. The summed E-state index contributed by atoms with van der Waals surface area (Å²) in [4.78, 5) is 30.3. The normalized spacial score (nSPS) is 11.7. The fourth-order valence-corrected chi connectivity index (χ4v) is 3.67. The molecule has 0 fully saturated rings. The van der Waals surface area contributed by atoms with Gasteiger partial charge in [0.05, 0.1) is 22.4 Å². The molecule has 0 unspecified atom stereocenters. The van der Waals surface area contributed by atoms with Crippen molar-refractivity contribution >= 4 is 39.5 Å². The van der Waals surface area contributed by atoms with Crippen LogP contribution in [0.4, 0.5) is 13.2 Å². The second-order valence-corrected chi connectivity index (χ2v) is 7.61. The molecule has 1 amide bonds. The van der Waals surface area contributed by atoms with Crippen molar-refractivity contribution in [3.63, 3.8) is 0 Å². The van der Waals surface area contributed by atoms with Gasteiger partial charge >= 0.3 is 12.1 Å². The maximum absolute atomic E-state index is 12.8. The van der Waals surface area contributed by atoms with Crippen molar-refractivity contribution in [3.8, 4) is 0 Å². The minimum atomic E-state index is -4.45. The molecule has 0 spiro atoms. The van der Waals surface area contributed by atoms with E-state index in [9.17, 15) is 22.8 Å². The Morgan fingerprint density at radius 1 is 1.13 bits per heavy atom. The lowest BCUT2D eigenvalue weighted by molar-refractivity contribution is -0.148. The molecule has 0 aliphatic heterocycles. The van der Waals surface area contributed by atoms with Gasteiger partial charge in [-0.3, -0.25) is 9.59 Å². The number of thiazole rings is 1. The number of rotatable bonds is 7. The number of halogens is 3. The summed E-state index contributed by atoms with van der Waals surface area (Å²) in [7, 11) is 0. The molecule has 0 bridgehead atoms. The highest BCUT2D eigenvalue weighted by molar-refractivity contribution is 7.19. The van der Waals surface area contributed by atoms with E-state index in [1.165, 1.54) is 34.4 Å². The number of alkyl halides is 3. The van der Waals surface area contributed by atoms with Crippen LogP contribution in [0.3, 0.4) is 0 Å². The Morgan fingerprint density at radius 2 is 1.84 bits per heavy atom. The zero-order chi connectivity index (χ0) is 22.4. The summed E-state index contributed by atoms with van der Waals surface area (Å²) in [6.07, 6.45) is -1.60. The molecule has 0 N–H and O–H groups in total. The lowest BCUT2D eigenvalue weighted by Gasteiger charge is -2.20. The molecule has 9 heteroatoms. The quantitative estimate of drug-likeness (QED) is 0.380. The Bertz CT molecular complexity index is 1060. The van der Waals surface area contributed by atoms with Crippen molar-refractivity contribution in [2.45, 2.75) is 19.6 Å². The van der Waals surface area contributed by atoms with E-state index in [-0.39, 0.29) is 19.7 Å². The maximum atomic E-state index is 12.8. The third-order valence-electron chi connectivity index (χ3n) is 4.27. The van der Waals surface area contributed by atoms with Gasteiger partial charge in [0.25, 0.3) is 0 Å². The number of hydrogen-bond donors (Lipinski definition) is 0. The molecule has 3 rings (SSSR count). The third kappa shape index (κ3) is 6.14. The third-order valence-corrected chi connectivity index (χ3v) is 5.27. The van der Waals surface area contributed by atoms with E-state index in [0.717, 1.165) is 22.3 Å². The van der Waals surface area contributed by atoms with E-state index in [0.29, 0.717) is 10.6 Å². The molecule has 1 heterocycles. The number of hydrogen-bond acceptors (Lipinski definition) is 5. The number of aromatic nitrogens is 1. The monoisotopic (exact) mass is 448 g/mol. The first-order chi connectivity index (χ1) is 14.8. The number of esters is 1. The number of benzene rings is 2. The SMILES string of the molecule is CCOC(=O)CN(Cc1ccc(C(F)(F)F)cc1)C(=O)/C=C/c1nc2ccccc2s1. The maximum Gasteiger partial charge on any atom is 0.416 e. The Labute approximate surface area is 180 Å². The lowest BCUT2D eigenvalue weighted by atomic mass is 10.1. The molecule has 1 aromatic heterocycles. The molecule has 2 aromatic carbocycles. The fourth-order valence-electron chi connectivity index (χ4n) is 2.80. The highest BCUT2D eigenvalue weighted by atomic mass is 32.1. The molecular formula is C22H19F3N2O3S. The van der Waals surface area contributed by atoms with Crippen LogP contribution in [0.2, 0.25) is 0 Å². The molecule has 0 saturated heterocycles. The zero-order valence-corrected chi connectivity index (χ0v) is 17.4. The minimum absolute atomic E-state index is 0.0417. The van der Waals surface area contributed by atoms with Gasteiger partial charge in [-0.15, -0.1) is 11.3 Å². The predicted octanol–water partition coefficient (Wildman–Crippen LogP) is 4.92. The summed E-state index contributed by atoms with van der Waals surface area (Å²) in [5.41, 5.74) is 0.488. The summed E-state index contributed by atoms with van der Waals surface area (Å²) >= 11 is 1.41. The van der Waals surface area contributed by atoms with E-state index in [1.807, 2.05) is 24.3 Å². The first-order valence-corrected chi connectivity index (χ1v) is 10.2. The standard InChI is InChI=1S/C22H19F3N2O3S/c1-2-30-21(29)14-27(13-15-7-9-16(10-8-15)22(23,24)25)20(28)12-11-19-26-17-5-3-4-6-18(17)31-19/h3-12H,2,13-14H2,1H3/b12-11+. The minimum Gasteiger partial charge on any atom is -0.465 e. The van der Waals surface area contributed by atoms with E-state index < -0.39 is 23.6 Å². The predicted molar refractivity (Wildman–Crippen MR) is 112 cm³/mol. The summed E-state index contributed by atoms with van der Waals surface area (Å²) in [5, 5.41) is 0.625. The lowest BCUT2D eigenvalue weighted by Crippen LogP contribution is -2.35. The Balaban J connectivity index is 1.76. The highest BCUT2D eigenvalue weighted by Gasteiger charge is 2.30. The average Bonchev–Trinajstić information content (AvgIpc) is 3.14. The van der Waals surface area contributed by atoms with E-state index in [2.05, 4.69) is 4.98 Å². The summed E-state index contributed by atoms with van der Waals surface area (Å²) in [5.74, 6) is -1.08. The number of para-hydroxylation sites is 1. The number of carbonyl (C=O) groups excluding carboxylic acids is 2. The van der Waals surface area contributed by atoms with Crippen molar-refractivity contribution in [1.82, 2.24) is 9.88 Å². The van der Waals surface area contributed by atoms with Gasteiger partial charge in [0.15, 0.2) is 0 Å². The van der Waals surface area contributed by atoms with Crippen LogP contribution in [0.25, 0.3) is 16.3 Å².